The number of fused-ring (bicyclic) bond motifs is 4. The van der Waals surface area contributed by atoms with Crippen LogP contribution >= 0.6 is 0 Å². The normalized spacial score (nSPS) is 23.2. The fourth-order valence-electron chi connectivity index (χ4n) is 8.03. The van der Waals surface area contributed by atoms with Crippen molar-refractivity contribution in [1.82, 2.24) is 4.98 Å². The van der Waals surface area contributed by atoms with Gasteiger partial charge in [-0.2, -0.15) is 0 Å². The van der Waals surface area contributed by atoms with Gasteiger partial charge in [-0.1, -0.05) is 24.3 Å². The number of ether oxygens (including phenoxy) is 3. The van der Waals surface area contributed by atoms with Gasteiger partial charge in [0.05, 0.1) is 50.4 Å². The number of halogens is 1. The number of aliphatic hydroxyl groups excluding tert-OH is 1. The fourth-order valence-corrected chi connectivity index (χ4v) is 8.03. The Bertz CT molecular complexity index is 1730. The molecular weight excluding hydrogens is 650 g/mol. The number of aliphatic hydroxyl groups is 1. The number of pyridine rings is 1. The van der Waals surface area contributed by atoms with Crippen molar-refractivity contribution in [3.63, 3.8) is 0 Å². The first-order valence-electron chi connectivity index (χ1n) is 15.4. The average Bonchev–Trinajstić information content (AvgIpc) is 3.09. The second-order valence-corrected chi connectivity index (χ2v) is 12.2. The van der Waals surface area contributed by atoms with Gasteiger partial charge in [0.2, 0.25) is 0 Å². The van der Waals surface area contributed by atoms with Crippen molar-refractivity contribution >= 4 is 16.6 Å². The third kappa shape index (κ3) is 5.85. The summed E-state index contributed by atoms with van der Waals surface area (Å²) in [7, 11) is 4.83. The van der Waals surface area contributed by atoms with E-state index in [9.17, 15) is 15.2 Å². The van der Waals surface area contributed by atoms with Crippen molar-refractivity contribution in [3.05, 3.63) is 112 Å². The summed E-state index contributed by atoms with van der Waals surface area (Å²) in [5, 5.41) is 25.8. The third-order valence-corrected chi connectivity index (χ3v) is 10.2. The van der Waals surface area contributed by atoms with Crippen LogP contribution in [0.2, 0.25) is 0 Å². The van der Waals surface area contributed by atoms with Crippen LogP contribution in [0.15, 0.2) is 85.6 Å². The van der Waals surface area contributed by atoms with Crippen LogP contribution in [0.3, 0.4) is 0 Å². The predicted octanol–water partition coefficient (Wildman–Crippen LogP) is 3.60. The third-order valence-electron chi connectivity index (χ3n) is 10.2. The summed E-state index contributed by atoms with van der Waals surface area (Å²) < 4.78 is 17.2. The summed E-state index contributed by atoms with van der Waals surface area (Å²) in [5.41, 5.74) is 3.29. The van der Waals surface area contributed by atoms with Crippen LogP contribution in [0.5, 0.6) is 17.2 Å². The summed E-state index contributed by atoms with van der Waals surface area (Å²) in [6.45, 7) is 5.71. The van der Waals surface area contributed by atoms with Gasteiger partial charge in [-0.15, -0.1) is 6.58 Å². The number of aromatic nitrogens is 1. The molecule has 1 N–H and O–H groups in total. The Morgan fingerprint density at radius 3 is 2.54 bits per heavy atom. The summed E-state index contributed by atoms with van der Waals surface area (Å²) in [5.74, 6) is 2.52. The van der Waals surface area contributed by atoms with Gasteiger partial charge in [0.25, 0.3) is 5.69 Å². The van der Waals surface area contributed by atoms with E-state index in [4.69, 9.17) is 14.2 Å². The molecule has 4 aromatic rings. The number of nitro benzene ring substituents is 1. The molecule has 2 bridgehead atoms. The highest BCUT2D eigenvalue weighted by atomic mass is 79.9. The maximum Gasteiger partial charge on any atom is 0.278 e. The number of nitrogens with zero attached hydrogens (tertiary/aromatic N) is 3. The molecule has 2 unspecified atom stereocenters. The summed E-state index contributed by atoms with van der Waals surface area (Å²) in [6, 6.07) is 19.9. The molecule has 3 aromatic carbocycles. The number of rotatable bonds is 11. The first kappa shape index (κ1) is 33.4. The molecular formula is C36H40BrN3O6. The van der Waals surface area contributed by atoms with Gasteiger partial charge in [-0.25, -0.2) is 0 Å². The Labute approximate surface area is 279 Å². The molecule has 0 saturated carbocycles. The number of nitro groups is 1. The van der Waals surface area contributed by atoms with E-state index in [1.54, 1.807) is 39.7 Å². The molecule has 6 atom stereocenters. The van der Waals surface area contributed by atoms with E-state index in [0.29, 0.717) is 39.6 Å². The summed E-state index contributed by atoms with van der Waals surface area (Å²) in [6.07, 6.45) is 5.17. The Hall–Kier alpha value is -3.99. The van der Waals surface area contributed by atoms with E-state index in [-0.39, 0.29) is 45.6 Å². The largest absolute Gasteiger partial charge is 1.00 e. The predicted molar refractivity (Wildman–Crippen MR) is 173 cm³/mol. The molecule has 0 aliphatic carbocycles. The zero-order valence-corrected chi connectivity index (χ0v) is 27.9. The lowest BCUT2D eigenvalue weighted by Crippen LogP contribution is -3.00. The lowest BCUT2D eigenvalue weighted by atomic mass is 9.69. The van der Waals surface area contributed by atoms with Gasteiger partial charge in [-0.3, -0.25) is 15.1 Å². The molecule has 3 fully saturated rings. The Morgan fingerprint density at radius 2 is 1.83 bits per heavy atom. The minimum absolute atomic E-state index is 0. The standard InChI is InChI=1S/C36H40N3O6.BrH/c1-5-24-22-39(17-15-25(24)20-33(39)36(40)27-14-16-37-30-12-11-26(43-2)21-29(27)30)32(28-8-6-7-9-31(28)38(41)42)18-23-10-13-34(44-3)35(19-23)45-4;/h5-14,16,19,21,24-25,32-33,36,40H,1,15,17-18,20,22H2,2-4H3;1H/q+1;/p-1/t24-,25-,32?,33+,36-,39?;/m0./s1. The smallest absolute Gasteiger partial charge is 0.278 e. The number of quaternary nitrogens is 1. The lowest BCUT2D eigenvalue weighted by molar-refractivity contribution is -0.999. The molecule has 46 heavy (non-hydrogen) atoms. The first-order valence-corrected chi connectivity index (χ1v) is 15.4. The maximum atomic E-state index is 12.5. The van der Waals surface area contributed by atoms with Crippen LogP contribution < -0.4 is 31.2 Å². The summed E-state index contributed by atoms with van der Waals surface area (Å²) >= 11 is 0. The van der Waals surface area contributed by atoms with E-state index in [2.05, 4.69) is 11.6 Å². The van der Waals surface area contributed by atoms with Crippen molar-refractivity contribution in [2.45, 2.75) is 37.5 Å². The van der Waals surface area contributed by atoms with Crippen LogP contribution in [0, 0.1) is 22.0 Å². The van der Waals surface area contributed by atoms with Gasteiger partial charge >= 0.3 is 0 Å². The van der Waals surface area contributed by atoms with Crippen molar-refractivity contribution < 1.29 is 45.7 Å². The van der Waals surface area contributed by atoms with E-state index in [1.165, 1.54) is 0 Å². The molecule has 242 valence electrons. The van der Waals surface area contributed by atoms with Gasteiger partial charge in [0, 0.05) is 42.8 Å². The van der Waals surface area contributed by atoms with Crippen LogP contribution in [0.25, 0.3) is 10.9 Å². The van der Waals surface area contributed by atoms with Crippen LogP contribution in [-0.2, 0) is 6.42 Å². The van der Waals surface area contributed by atoms with Crippen LogP contribution in [0.4, 0.5) is 5.69 Å². The number of piperidine rings is 3. The number of benzene rings is 3. The van der Waals surface area contributed by atoms with E-state index in [0.717, 1.165) is 48.0 Å². The first-order chi connectivity index (χ1) is 21.8. The molecule has 9 nitrogen and oxygen atoms in total. The molecule has 10 heteroatoms. The van der Waals surface area contributed by atoms with E-state index < -0.39 is 6.10 Å². The quantitative estimate of drug-likeness (QED) is 0.111. The Kier molecular flexibility index (Phi) is 10.0. The van der Waals surface area contributed by atoms with Crippen molar-refractivity contribution in [2.24, 2.45) is 11.8 Å². The highest BCUT2D eigenvalue weighted by molar-refractivity contribution is 5.84. The second-order valence-electron chi connectivity index (χ2n) is 12.2. The minimum Gasteiger partial charge on any atom is -1.00 e. The number of hydrogen-bond acceptors (Lipinski definition) is 7. The highest BCUT2D eigenvalue weighted by Gasteiger charge is 2.58. The summed E-state index contributed by atoms with van der Waals surface area (Å²) in [4.78, 5) is 16.8. The second kappa shape index (κ2) is 13.8. The molecule has 7 rings (SSSR count). The molecule has 1 aromatic heterocycles. The van der Waals surface area contributed by atoms with Crippen molar-refractivity contribution in [2.75, 3.05) is 34.4 Å². The number of para-hydroxylation sites is 1. The van der Waals surface area contributed by atoms with Crippen molar-refractivity contribution in [1.29, 1.82) is 0 Å². The van der Waals surface area contributed by atoms with Crippen LogP contribution in [0.1, 0.15) is 41.7 Å². The molecule has 0 radical (unpaired) electrons. The van der Waals surface area contributed by atoms with E-state index >= 15 is 0 Å². The molecule has 3 aliphatic heterocycles. The SMILES string of the molecule is C=C[C@H]1C[N+]2(C(Cc3ccc(OC)c(OC)c3)c3ccccc3[N+](=O)[O-])CC[C@H]1C[C@@H]2[C@@H](O)c1ccnc2ccc(OC)cc12.[Br-]. The van der Waals surface area contributed by atoms with Gasteiger partial charge < -0.3 is 40.8 Å². The molecule has 4 heterocycles. The number of methoxy groups -OCH3 is 3. The highest BCUT2D eigenvalue weighted by Crippen LogP contribution is 2.53. The topological polar surface area (TPSA) is 104 Å². The van der Waals surface area contributed by atoms with Gasteiger partial charge in [-0.05, 0) is 59.5 Å². The van der Waals surface area contributed by atoms with Crippen molar-refractivity contribution in [3.8, 4) is 17.2 Å². The molecule has 0 spiro atoms. The Balaban J connectivity index is 0.00000417. The zero-order chi connectivity index (χ0) is 31.7. The van der Waals surface area contributed by atoms with Crippen LogP contribution in [-0.4, -0.2) is 60.0 Å². The molecule has 3 saturated heterocycles. The average molecular weight is 691 g/mol. The molecule has 3 aliphatic rings. The maximum absolute atomic E-state index is 12.5. The number of hydrogen-bond donors (Lipinski definition) is 1. The lowest BCUT2D eigenvalue weighted by Gasteiger charge is -2.61. The zero-order valence-electron chi connectivity index (χ0n) is 26.3. The van der Waals surface area contributed by atoms with E-state index in [1.807, 2.05) is 60.7 Å². The van der Waals surface area contributed by atoms with Gasteiger partial charge in [0.15, 0.2) is 11.5 Å². The Morgan fingerprint density at radius 1 is 1.04 bits per heavy atom. The fraction of sp³-hybridized carbons (Fsp3) is 0.361. The monoisotopic (exact) mass is 689 g/mol. The molecule has 0 amide bonds. The van der Waals surface area contributed by atoms with Gasteiger partial charge in [0.1, 0.15) is 23.9 Å². The minimum atomic E-state index is -0.841.